The molecule has 9 heteroatoms. The van der Waals surface area contributed by atoms with E-state index in [1.807, 2.05) is 0 Å². The molecule has 2 saturated heterocycles. The summed E-state index contributed by atoms with van der Waals surface area (Å²) in [5.74, 6) is -0.0854. The summed E-state index contributed by atoms with van der Waals surface area (Å²) < 4.78 is 30.0. The van der Waals surface area contributed by atoms with Crippen molar-refractivity contribution in [1.29, 1.82) is 0 Å². The highest BCUT2D eigenvalue weighted by molar-refractivity contribution is 7.79. The number of hydrogen-bond donors (Lipinski definition) is 2. The summed E-state index contributed by atoms with van der Waals surface area (Å²) in [5.41, 5.74) is 1.73. The molecule has 0 saturated carbocycles. The van der Waals surface area contributed by atoms with Gasteiger partial charge in [-0.2, -0.15) is 0 Å². The van der Waals surface area contributed by atoms with Gasteiger partial charge in [0.05, 0.1) is 12.9 Å². The largest absolute Gasteiger partial charge is 0.768 e. The van der Waals surface area contributed by atoms with Gasteiger partial charge in [0.1, 0.15) is 5.72 Å². The second kappa shape index (κ2) is 8.45. The Hall–Kier alpha value is -1.91. The summed E-state index contributed by atoms with van der Waals surface area (Å²) in [4.78, 5) is 21.6. The number of piperidine rings is 1. The molecule has 1 aromatic heterocycles. The molecule has 2 aliphatic rings. The minimum atomic E-state index is -2.38. The van der Waals surface area contributed by atoms with Crippen molar-refractivity contribution in [3.63, 3.8) is 0 Å². The summed E-state index contributed by atoms with van der Waals surface area (Å²) in [6.07, 6.45) is 5.85. The minimum absolute atomic E-state index is 0.0854. The molecule has 2 atom stereocenters. The van der Waals surface area contributed by atoms with Crippen LogP contribution in [0.15, 0.2) is 35.6 Å². The summed E-state index contributed by atoms with van der Waals surface area (Å²) in [7, 11) is 0. The van der Waals surface area contributed by atoms with Gasteiger partial charge in [0.25, 0.3) is 0 Å². The summed E-state index contributed by atoms with van der Waals surface area (Å²) >= 11 is -2.38. The maximum atomic E-state index is 11.9. The van der Waals surface area contributed by atoms with Crippen LogP contribution in [0.25, 0.3) is 0 Å². The molecule has 2 aliphatic heterocycles. The van der Waals surface area contributed by atoms with Crippen molar-refractivity contribution in [3.8, 4) is 0 Å². The van der Waals surface area contributed by atoms with Crippen molar-refractivity contribution < 1.29 is 18.3 Å². The third-order valence-electron chi connectivity index (χ3n) is 5.89. The van der Waals surface area contributed by atoms with Crippen molar-refractivity contribution in [1.82, 2.24) is 20.2 Å². The summed E-state index contributed by atoms with van der Waals surface area (Å²) in [6, 6.07) is 4.88. The van der Waals surface area contributed by atoms with Crippen LogP contribution in [0.1, 0.15) is 41.4 Å². The first-order valence-electron chi connectivity index (χ1n) is 9.80. The maximum Gasteiger partial charge on any atom is 0.159 e. The third-order valence-corrected chi connectivity index (χ3v) is 6.65. The van der Waals surface area contributed by atoms with Gasteiger partial charge in [-0.05, 0) is 48.8 Å². The molecule has 0 bridgehead atoms. The van der Waals surface area contributed by atoms with Crippen LogP contribution in [-0.4, -0.2) is 60.9 Å². The second-order valence-corrected chi connectivity index (χ2v) is 8.59. The fourth-order valence-corrected chi connectivity index (χ4v) is 4.88. The van der Waals surface area contributed by atoms with E-state index in [0.717, 1.165) is 38.0 Å². The average molecular weight is 418 g/mol. The highest BCUT2D eigenvalue weighted by Crippen LogP contribution is 2.38. The lowest BCUT2D eigenvalue weighted by Gasteiger charge is -2.42. The Morgan fingerprint density at radius 1 is 1.41 bits per heavy atom. The maximum absolute atomic E-state index is 11.9. The molecule has 0 aliphatic carbocycles. The molecule has 2 unspecified atom stereocenters. The Bertz CT molecular complexity index is 896. The number of ether oxygens (including phenoxy) is 1. The third kappa shape index (κ3) is 4.19. The van der Waals surface area contributed by atoms with Crippen LogP contribution < -0.4 is 5.32 Å². The molecule has 1 aromatic carbocycles. The monoisotopic (exact) mass is 417 g/mol. The first kappa shape index (κ1) is 20.4. The molecule has 4 rings (SSSR count). The van der Waals surface area contributed by atoms with E-state index in [4.69, 9.17) is 4.74 Å². The number of carbonyl (C=O) groups is 1. The van der Waals surface area contributed by atoms with Crippen molar-refractivity contribution >= 4 is 16.9 Å². The molecule has 8 nitrogen and oxygen atoms in total. The molecular formula is C20H25N4O4S-. The van der Waals surface area contributed by atoms with Crippen LogP contribution in [0.4, 0.5) is 0 Å². The smallest absolute Gasteiger partial charge is 0.159 e. The fraction of sp³-hybridized carbons (Fsp3) is 0.500. The van der Waals surface area contributed by atoms with E-state index in [1.165, 1.54) is 13.0 Å². The predicted octanol–water partition coefficient (Wildman–Crippen LogP) is 1.37. The lowest BCUT2D eigenvalue weighted by atomic mass is 9.97. The van der Waals surface area contributed by atoms with Crippen LogP contribution in [0.2, 0.25) is 0 Å². The van der Waals surface area contributed by atoms with Crippen LogP contribution >= 0.6 is 0 Å². The van der Waals surface area contributed by atoms with E-state index >= 15 is 0 Å². The number of nitrogens with one attached hydrogen (secondary N) is 2. The zero-order valence-corrected chi connectivity index (χ0v) is 17.2. The van der Waals surface area contributed by atoms with Crippen molar-refractivity contribution in [2.45, 2.75) is 49.4 Å². The topological polar surface area (TPSA) is 110 Å². The van der Waals surface area contributed by atoms with Gasteiger partial charge < -0.3 is 19.6 Å². The Kier molecular flexibility index (Phi) is 5.93. The quantitative estimate of drug-likeness (QED) is 0.539. The summed E-state index contributed by atoms with van der Waals surface area (Å²) in [6.45, 7) is 4.16. The zero-order valence-electron chi connectivity index (χ0n) is 16.3. The SMILES string of the molecule is CC(=O)c1ccc(S(=O)[O-])c(CN2C(Cc3cnc[nH]3)COC23CCNCC3)c1. The molecule has 1 spiro atoms. The van der Waals surface area contributed by atoms with E-state index in [0.29, 0.717) is 24.3 Å². The standard InChI is InChI=1S/C20H26N4O4S/c1-14(25)15-2-3-19(29(26)27)16(8-15)11-24-18(9-17-10-22-13-23-17)12-28-20(24)4-6-21-7-5-20/h2-3,8,10,13,18,21H,4-7,9,11-12H2,1H3,(H,22,23)(H,26,27)/p-1. The van der Waals surface area contributed by atoms with Gasteiger partial charge in [0, 0.05) is 54.2 Å². The van der Waals surface area contributed by atoms with E-state index < -0.39 is 16.8 Å². The Labute approximate surface area is 172 Å². The van der Waals surface area contributed by atoms with Gasteiger partial charge in [-0.25, -0.2) is 4.98 Å². The second-order valence-electron chi connectivity index (χ2n) is 7.68. The minimum Gasteiger partial charge on any atom is -0.768 e. The van der Waals surface area contributed by atoms with Gasteiger partial charge in [0.15, 0.2) is 5.78 Å². The van der Waals surface area contributed by atoms with Gasteiger partial charge in [0.2, 0.25) is 0 Å². The van der Waals surface area contributed by atoms with Crippen molar-refractivity contribution in [2.24, 2.45) is 0 Å². The van der Waals surface area contributed by atoms with E-state index in [9.17, 15) is 13.6 Å². The van der Waals surface area contributed by atoms with Crippen LogP contribution in [0, 0.1) is 0 Å². The number of carbonyl (C=O) groups excluding carboxylic acids is 1. The Morgan fingerprint density at radius 2 is 2.21 bits per heavy atom. The lowest BCUT2D eigenvalue weighted by Crippen LogP contribution is -2.54. The normalized spacial score (nSPS) is 22.8. The average Bonchev–Trinajstić information content (AvgIpc) is 3.33. The van der Waals surface area contributed by atoms with Gasteiger partial charge in [-0.15, -0.1) is 0 Å². The number of imidazole rings is 1. The first-order valence-corrected chi connectivity index (χ1v) is 10.9. The fourth-order valence-electron chi connectivity index (χ4n) is 4.37. The van der Waals surface area contributed by atoms with Crippen molar-refractivity contribution in [3.05, 3.63) is 47.5 Å². The highest BCUT2D eigenvalue weighted by atomic mass is 32.2. The number of aromatic nitrogens is 2. The number of benzene rings is 1. The Morgan fingerprint density at radius 3 is 2.86 bits per heavy atom. The molecule has 3 heterocycles. The number of hydrogen-bond acceptors (Lipinski definition) is 7. The van der Waals surface area contributed by atoms with Crippen LogP contribution in [0.3, 0.4) is 0 Å². The van der Waals surface area contributed by atoms with E-state index in [1.54, 1.807) is 24.7 Å². The lowest BCUT2D eigenvalue weighted by molar-refractivity contribution is -0.109. The molecule has 2 fully saturated rings. The number of H-pyrrole nitrogens is 1. The number of aromatic amines is 1. The van der Waals surface area contributed by atoms with Crippen LogP contribution in [-0.2, 0) is 28.8 Å². The molecule has 29 heavy (non-hydrogen) atoms. The molecule has 156 valence electrons. The molecule has 2 aromatic rings. The molecule has 0 radical (unpaired) electrons. The first-order chi connectivity index (χ1) is 14.0. The van der Waals surface area contributed by atoms with E-state index in [-0.39, 0.29) is 16.7 Å². The van der Waals surface area contributed by atoms with Gasteiger partial charge in [-0.3, -0.25) is 13.9 Å². The number of Topliss-reactive ketones (excluding diaryl/α,β-unsaturated/α-hetero) is 1. The number of nitrogens with zero attached hydrogens (tertiary/aromatic N) is 2. The van der Waals surface area contributed by atoms with Crippen LogP contribution in [0.5, 0.6) is 0 Å². The predicted molar refractivity (Wildman–Crippen MR) is 106 cm³/mol. The molecular weight excluding hydrogens is 392 g/mol. The molecule has 2 N–H and O–H groups in total. The number of ketones is 1. The number of rotatable bonds is 6. The highest BCUT2D eigenvalue weighted by Gasteiger charge is 2.48. The van der Waals surface area contributed by atoms with Gasteiger partial charge >= 0.3 is 0 Å². The summed E-state index contributed by atoms with van der Waals surface area (Å²) in [5, 5.41) is 3.37. The van der Waals surface area contributed by atoms with Crippen molar-refractivity contribution in [2.75, 3.05) is 19.7 Å². The van der Waals surface area contributed by atoms with Gasteiger partial charge in [-0.1, -0.05) is 6.07 Å². The zero-order chi connectivity index (χ0) is 20.4. The molecule has 0 amide bonds. The Balaban J connectivity index is 1.69. The van der Waals surface area contributed by atoms with E-state index in [2.05, 4.69) is 20.2 Å².